The number of hydrogen-bond donors (Lipinski definition) is 1. The van der Waals surface area contributed by atoms with E-state index in [1.807, 2.05) is 0 Å². The first-order valence-electron chi connectivity index (χ1n) is 8.29. The molecule has 1 aliphatic carbocycles. The molecule has 24 heavy (non-hydrogen) atoms. The number of para-hydroxylation sites is 1. The van der Waals surface area contributed by atoms with Crippen LogP contribution in [-0.4, -0.2) is 32.3 Å². The number of carbonyl (C=O) groups is 1. The van der Waals surface area contributed by atoms with E-state index in [1.54, 1.807) is 37.3 Å². The van der Waals surface area contributed by atoms with Gasteiger partial charge in [-0.15, -0.1) is 0 Å². The highest BCUT2D eigenvalue weighted by molar-refractivity contribution is 7.92. The van der Waals surface area contributed by atoms with Gasteiger partial charge in [-0.05, 0) is 44.7 Å². The van der Waals surface area contributed by atoms with Crippen molar-refractivity contribution in [2.24, 2.45) is 5.10 Å². The molecule has 1 N–H and O–H groups in total. The smallest absolute Gasteiger partial charge is 0.263 e. The molecular weight excluding hydrogens is 326 g/mol. The number of amides is 1. The van der Waals surface area contributed by atoms with E-state index in [0.29, 0.717) is 5.69 Å². The highest BCUT2D eigenvalue weighted by Gasteiger charge is 2.28. The lowest BCUT2D eigenvalue weighted by Gasteiger charge is -2.27. The largest absolute Gasteiger partial charge is 0.271 e. The van der Waals surface area contributed by atoms with Crippen molar-refractivity contribution in [2.45, 2.75) is 51.5 Å². The number of hydrazone groups is 1. The van der Waals surface area contributed by atoms with E-state index in [1.165, 1.54) is 12.8 Å². The van der Waals surface area contributed by atoms with Crippen LogP contribution in [-0.2, 0) is 14.8 Å². The Bertz CT molecular complexity index is 676. The second-order valence-corrected chi connectivity index (χ2v) is 8.00. The molecule has 0 radical (unpaired) electrons. The first kappa shape index (κ1) is 18.4. The third-order valence-corrected chi connectivity index (χ3v) is 5.35. The van der Waals surface area contributed by atoms with Gasteiger partial charge in [0, 0.05) is 5.71 Å². The van der Waals surface area contributed by atoms with E-state index in [9.17, 15) is 13.2 Å². The van der Waals surface area contributed by atoms with Crippen LogP contribution in [0.25, 0.3) is 0 Å². The number of carbonyl (C=O) groups excluding carboxylic acids is 1. The Hall–Kier alpha value is -1.89. The van der Waals surface area contributed by atoms with Crippen molar-refractivity contribution in [1.29, 1.82) is 0 Å². The van der Waals surface area contributed by atoms with Crippen LogP contribution in [0.3, 0.4) is 0 Å². The molecule has 6 nitrogen and oxygen atoms in total. The fourth-order valence-corrected chi connectivity index (χ4v) is 4.03. The topological polar surface area (TPSA) is 78.8 Å². The number of benzene rings is 1. The molecule has 2 rings (SSSR count). The summed E-state index contributed by atoms with van der Waals surface area (Å²) < 4.78 is 25.4. The number of hydrogen-bond acceptors (Lipinski definition) is 4. The van der Waals surface area contributed by atoms with Crippen LogP contribution in [0.1, 0.15) is 45.4 Å². The van der Waals surface area contributed by atoms with Gasteiger partial charge in [0.05, 0.1) is 11.9 Å². The first-order valence-corrected chi connectivity index (χ1v) is 10.1. The van der Waals surface area contributed by atoms with Crippen molar-refractivity contribution < 1.29 is 13.2 Å². The zero-order chi connectivity index (χ0) is 17.6. The standard InChI is InChI=1S/C17H25N3O3S/c1-14(17(21)19-18-15-10-6-3-4-7-11-15)20(24(2,22)23)16-12-8-5-9-13-16/h5,8-9,12-14H,3-4,6-7,10-11H2,1-2H3,(H,19,21)/t14-/m1/s1. The van der Waals surface area contributed by atoms with Crippen LogP contribution in [0, 0.1) is 0 Å². The number of rotatable bonds is 5. The summed E-state index contributed by atoms with van der Waals surface area (Å²) in [5, 5.41) is 4.22. The fourth-order valence-electron chi connectivity index (χ4n) is 2.86. The molecule has 1 amide bonds. The molecule has 1 aromatic carbocycles. The van der Waals surface area contributed by atoms with E-state index >= 15 is 0 Å². The summed E-state index contributed by atoms with van der Waals surface area (Å²) in [5.74, 6) is -0.430. The lowest BCUT2D eigenvalue weighted by Crippen LogP contribution is -2.46. The third kappa shape index (κ3) is 5.06. The highest BCUT2D eigenvalue weighted by Crippen LogP contribution is 2.20. The maximum atomic E-state index is 12.4. The molecular formula is C17H25N3O3S. The van der Waals surface area contributed by atoms with E-state index in [4.69, 9.17) is 0 Å². The normalized spacial score (nSPS) is 16.8. The molecule has 0 saturated heterocycles. The molecule has 7 heteroatoms. The van der Waals surface area contributed by atoms with E-state index < -0.39 is 22.0 Å². The Balaban J connectivity index is 2.13. The quantitative estimate of drug-likeness (QED) is 0.654. The summed E-state index contributed by atoms with van der Waals surface area (Å²) in [7, 11) is -3.59. The molecule has 1 aromatic rings. The van der Waals surface area contributed by atoms with Gasteiger partial charge in [-0.25, -0.2) is 13.8 Å². The Morgan fingerprint density at radius 3 is 2.25 bits per heavy atom. The van der Waals surface area contributed by atoms with E-state index in [0.717, 1.165) is 42.0 Å². The zero-order valence-corrected chi connectivity index (χ0v) is 15.1. The molecule has 0 aliphatic heterocycles. The van der Waals surface area contributed by atoms with Gasteiger partial charge in [0.1, 0.15) is 6.04 Å². The van der Waals surface area contributed by atoms with Crippen LogP contribution in [0.15, 0.2) is 35.4 Å². The van der Waals surface area contributed by atoms with Crippen LogP contribution < -0.4 is 9.73 Å². The molecule has 1 fully saturated rings. The molecule has 0 heterocycles. The SMILES string of the molecule is C[C@H](C(=O)NN=C1CCCCCC1)N(c1ccccc1)S(C)(=O)=O. The van der Waals surface area contributed by atoms with Gasteiger partial charge in [0.2, 0.25) is 10.0 Å². The second kappa shape index (κ2) is 8.28. The average molecular weight is 351 g/mol. The maximum Gasteiger partial charge on any atom is 0.263 e. The van der Waals surface area contributed by atoms with Crippen LogP contribution in [0.5, 0.6) is 0 Å². The Kier molecular flexibility index (Phi) is 6.36. The van der Waals surface area contributed by atoms with E-state index in [2.05, 4.69) is 10.5 Å². The summed E-state index contributed by atoms with van der Waals surface area (Å²) in [6.45, 7) is 1.57. The summed E-state index contributed by atoms with van der Waals surface area (Å²) in [5.41, 5.74) is 3.99. The highest BCUT2D eigenvalue weighted by atomic mass is 32.2. The van der Waals surface area contributed by atoms with Gasteiger partial charge < -0.3 is 0 Å². The minimum Gasteiger partial charge on any atom is -0.271 e. The molecule has 0 unspecified atom stereocenters. The fraction of sp³-hybridized carbons (Fsp3) is 0.529. The molecule has 0 spiro atoms. The molecule has 1 aliphatic rings. The van der Waals surface area contributed by atoms with E-state index in [-0.39, 0.29) is 0 Å². The summed E-state index contributed by atoms with van der Waals surface area (Å²) in [6.07, 6.45) is 7.44. The average Bonchev–Trinajstić information content (AvgIpc) is 2.81. The van der Waals surface area contributed by atoms with Gasteiger partial charge in [0.25, 0.3) is 5.91 Å². The Morgan fingerprint density at radius 2 is 1.71 bits per heavy atom. The number of anilines is 1. The minimum atomic E-state index is -3.59. The summed E-state index contributed by atoms with van der Waals surface area (Å²) in [6, 6.07) is 7.74. The number of nitrogens with one attached hydrogen (secondary N) is 1. The van der Waals surface area contributed by atoms with Crippen molar-refractivity contribution in [1.82, 2.24) is 5.43 Å². The van der Waals surface area contributed by atoms with Crippen molar-refractivity contribution in [3.05, 3.63) is 30.3 Å². The molecule has 0 aromatic heterocycles. The lowest BCUT2D eigenvalue weighted by atomic mass is 10.2. The zero-order valence-electron chi connectivity index (χ0n) is 14.2. The van der Waals surface area contributed by atoms with Gasteiger partial charge in [0.15, 0.2) is 0 Å². The van der Waals surface area contributed by atoms with Crippen LogP contribution in [0.4, 0.5) is 5.69 Å². The monoisotopic (exact) mass is 351 g/mol. The van der Waals surface area contributed by atoms with Crippen molar-refractivity contribution >= 4 is 27.3 Å². The summed E-state index contributed by atoms with van der Waals surface area (Å²) >= 11 is 0. The molecule has 132 valence electrons. The number of nitrogens with zero attached hydrogens (tertiary/aromatic N) is 2. The van der Waals surface area contributed by atoms with Crippen molar-refractivity contribution in [2.75, 3.05) is 10.6 Å². The van der Waals surface area contributed by atoms with Gasteiger partial charge in [-0.3, -0.25) is 9.10 Å². The van der Waals surface area contributed by atoms with Gasteiger partial charge >= 0.3 is 0 Å². The van der Waals surface area contributed by atoms with Crippen molar-refractivity contribution in [3.8, 4) is 0 Å². The predicted octanol–water partition coefficient (Wildman–Crippen LogP) is 2.67. The van der Waals surface area contributed by atoms with Gasteiger partial charge in [-0.2, -0.15) is 5.10 Å². The minimum absolute atomic E-state index is 0.430. The summed E-state index contributed by atoms with van der Waals surface area (Å²) in [4.78, 5) is 12.4. The first-order chi connectivity index (χ1) is 11.4. The Labute approximate surface area is 144 Å². The van der Waals surface area contributed by atoms with Crippen molar-refractivity contribution in [3.63, 3.8) is 0 Å². The molecule has 0 bridgehead atoms. The van der Waals surface area contributed by atoms with Crippen LogP contribution >= 0.6 is 0 Å². The van der Waals surface area contributed by atoms with Crippen LogP contribution in [0.2, 0.25) is 0 Å². The molecule has 1 atom stereocenters. The lowest BCUT2D eigenvalue weighted by molar-refractivity contribution is -0.121. The Morgan fingerprint density at radius 1 is 1.12 bits per heavy atom. The van der Waals surface area contributed by atoms with Gasteiger partial charge in [-0.1, -0.05) is 31.0 Å². The number of sulfonamides is 1. The molecule has 1 saturated carbocycles. The predicted molar refractivity (Wildman–Crippen MR) is 96.5 cm³/mol. The third-order valence-electron chi connectivity index (χ3n) is 4.10. The second-order valence-electron chi connectivity index (χ2n) is 6.14. The maximum absolute atomic E-state index is 12.4.